The van der Waals surface area contributed by atoms with Crippen LogP contribution in [0.3, 0.4) is 0 Å². The zero-order valence-corrected chi connectivity index (χ0v) is 26.7. The summed E-state index contributed by atoms with van der Waals surface area (Å²) in [5.41, 5.74) is -0.00864. The Hall–Kier alpha value is -3.43. The highest BCUT2D eigenvalue weighted by atomic mass is 16.6. The molecule has 1 aromatic carbocycles. The zero-order chi connectivity index (χ0) is 32.0. The maximum absolute atomic E-state index is 13.5. The summed E-state index contributed by atoms with van der Waals surface area (Å²) in [4.78, 5) is 63.9. The standard InChI is InChI=1S/C32H51N3O7/c1-20(2)15-26(35-31(40)41-19-24-13-11-10-12-14-24)29(38)34-27(17-28(37)42-32(7,8)9)30(39)33-25(23(6)18-36)16-22(5)21(3)4/h10-14,18,20-23,25-27H,15-17,19H2,1-9H3,(H,33,39)(H,34,38)(H,35,40)/t22?,23-,25+,26+,27+/m1/s1. The Labute approximate surface area is 251 Å². The van der Waals surface area contributed by atoms with Gasteiger partial charge in [-0.05, 0) is 56.9 Å². The third kappa shape index (κ3) is 14.5. The van der Waals surface area contributed by atoms with Gasteiger partial charge in [-0.25, -0.2) is 4.79 Å². The number of nitrogens with one attached hydrogen (secondary N) is 3. The van der Waals surface area contributed by atoms with Crippen LogP contribution in [-0.2, 0) is 35.3 Å². The number of alkyl carbamates (subject to hydrolysis) is 1. The van der Waals surface area contributed by atoms with E-state index < -0.39 is 59.9 Å². The van der Waals surface area contributed by atoms with Gasteiger partial charge in [-0.3, -0.25) is 14.4 Å². The molecule has 0 heterocycles. The summed E-state index contributed by atoms with van der Waals surface area (Å²) in [5.74, 6) is -1.86. The number of esters is 1. The van der Waals surface area contributed by atoms with Crippen LogP contribution >= 0.6 is 0 Å². The molecule has 0 bridgehead atoms. The molecule has 0 saturated carbocycles. The second-order valence-electron chi connectivity index (χ2n) is 12.8. The van der Waals surface area contributed by atoms with Crippen molar-refractivity contribution < 1.29 is 33.4 Å². The number of carbonyl (C=O) groups excluding carboxylic acids is 5. The van der Waals surface area contributed by atoms with Crippen LogP contribution in [0.4, 0.5) is 4.79 Å². The van der Waals surface area contributed by atoms with Gasteiger partial charge in [-0.15, -0.1) is 0 Å². The summed E-state index contributed by atoms with van der Waals surface area (Å²) in [6.07, 6.45) is 0.382. The zero-order valence-electron chi connectivity index (χ0n) is 26.7. The van der Waals surface area contributed by atoms with Gasteiger partial charge >= 0.3 is 12.1 Å². The van der Waals surface area contributed by atoms with Crippen molar-refractivity contribution in [2.75, 3.05) is 0 Å². The normalized spacial score (nSPS) is 15.1. The molecule has 0 aliphatic rings. The summed E-state index contributed by atoms with van der Waals surface area (Å²) < 4.78 is 10.7. The van der Waals surface area contributed by atoms with E-state index in [0.717, 1.165) is 11.8 Å². The monoisotopic (exact) mass is 589 g/mol. The molecular weight excluding hydrogens is 538 g/mol. The summed E-state index contributed by atoms with van der Waals surface area (Å²) in [5, 5.41) is 8.12. The average Bonchev–Trinajstić information content (AvgIpc) is 2.89. The lowest BCUT2D eigenvalue weighted by molar-refractivity contribution is -0.156. The number of aldehydes is 1. The molecule has 0 radical (unpaired) electrons. The molecule has 1 unspecified atom stereocenters. The fourth-order valence-corrected chi connectivity index (χ4v) is 4.10. The van der Waals surface area contributed by atoms with Gasteiger partial charge in [0.1, 0.15) is 30.6 Å². The Morgan fingerprint density at radius 3 is 1.95 bits per heavy atom. The van der Waals surface area contributed by atoms with E-state index in [1.807, 2.05) is 51.1 Å². The molecule has 0 spiro atoms. The van der Waals surface area contributed by atoms with E-state index in [-0.39, 0.29) is 24.9 Å². The van der Waals surface area contributed by atoms with Gasteiger partial charge in [0.25, 0.3) is 0 Å². The van der Waals surface area contributed by atoms with Crippen LogP contribution in [0, 0.1) is 23.7 Å². The molecule has 1 rings (SSSR count). The summed E-state index contributed by atoms with van der Waals surface area (Å²) in [6, 6.07) is 6.31. The number of ether oxygens (including phenoxy) is 2. The predicted octanol–water partition coefficient (Wildman–Crippen LogP) is 4.55. The number of benzene rings is 1. The first-order valence-electron chi connectivity index (χ1n) is 14.8. The lowest BCUT2D eigenvalue weighted by Crippen LogP contribution is -2.56. The smallest absolute Gasteiger partial charge is 0.408 e. The lowest BCUT2D eigenvalue weighted by atomic mass is 9.86. The van der Waals surface area contributed by atoms with E-state index in [2.05, 4.69) is 29.8 Å². The largest absolute Gasteiger partial charge is 0.460 e. The van der Waals surface area contributed by atoms with Crippen LogP contribution in [0.2, 0.25) is 0 Å². The lowest BCUT2D eigenvalue weighted by Gasteiger charge is -2.29. The van der Waals surface area contributed by atoms with Gasteiger partial charge in [-0.2, -0.15) is 0 Å². The van der Waals surface area contributed by atoms with E-state index in [9.17, 15) is 24.0 Å². The van der Waals surface area contributed by atoms with E-state index in [0.29, 0.717) is 12.3 Å². The van der Waals surface area contributed by atoms with Gasteiger partial charge in [-0.1, -0.05) is 71.9 Å². The third-order valence-corrected chi connectivity index (χ3v) is 6.89. The Kier molecular flexibility index (Phi) is 15.3. The maximum Gasteiger partial charge on any atom is 0.408 e. The number of hydrogen-bond acceptors (Lipinski definition) is 7. The van der Waals surface area contributed by atoms with Crippen LogP contribution in [0.5, 0.6) is 0 Å². The van der Waals surface area contributed by atoms with Crippen molar-refractivity contribution in [2.24, 2.45) is 23.7 Å². The fourth-order valence-electron chi connectivity index (χ4n) is 4.10. The molecule has 3 amide bonds. The molecule has 10 heteroatoms. The van der Waals surface area contributed by atoms with Gasteiger partial charge in [0.15, 0.2) is 0 Å². The van der Waals surface area contributed by atoms with E-state index in [1.165, 1.54) is 0 Å². The SMILES string of the molecule is CC(C)C[C@H](NC(=O)OCc1ccccc1)C(=O)N[C@@H](CC(=O)OC(C)(C)C)C(=O)N[C@@H](CC(C)C(C)C)[C@H](C)C=O. The molecule has 0 aliphatic heterocycles. The highest BCUT2D eigenvalue weighted by Crippen LogP contribution is 2.20. The van der Waals surface area contributed by atoms with E-state index >= 15 is 0 Å². The van der Waals surface area contributed by atoms with Crippen molar-refractivity contribution in [3.63, 3.8) is 0 Å². The molecule has 3 N–H and O–H groups in total. The Bertz CT molecular complexity index is 1020. The molecular formula is C32H51N3O7. The minimum atomic E-state index is -1.29. The number of amides is 3. The molecule has 236 valence electrons. The van der Waals surface area contributed by atoms with Gasteiger partial charge in [0.05, 0.1) is 6.42 Å². The summed E-state index contributed by atoms with van der Waals surface area (Å²) >= 11 is 0. The molecule has 0 fully saturated rings. The predicted molar refractivity (Wildman–Crippen MR) is 161 cm³/mol. The second-order valence-corrected chi connectivity index (χ2v) is 12.8. The Morgan fingerprint density at radius 1 is 0.833 bits per heavy atom. The molecule has 1 aromatic rings. The molecule has 0 aromatic heterocycles. The highest BCUT2D eigenvalue weighted by molar-refractivity contribution is 5.93. The van der Waals surface area contributed by atoms with Crippen LogP contribution < -0.4 is 16.0 Å². The topological polar surface area (TPSA) is 140 Å². The Balaban J connectivity index is 3.13. The molecule has 5 atom stereocenters. The number of rotatable bonds is 16. The van der Waals surface area contributed by atoms with Crippen LogP contribution in [0.25, 0.3) is 0 Å². The molecule has 0 aliphatic carbocycles. The van der Waals surface area contributed by atoms with Crippen LogP contribution in [0.15, 0.2) is 30.3 Å². The first-order valence-corrected chi connectivity index (χ1v) is 14.8. The number of hydrogen-bond donors (Lipinski definition) is 3. The summed E-state index contributed by atoms with van der Waals surface area (Å²) in [6.45, 7) is 16.8. The van der Waals surface area contributed by atoms with Crippen molar-refractivity contribution in [1.29, 1.82) is 0 Å². The molecule has 0 saturated heterocycles. The van der Waals surface area contributed by atoms with Crippen LogP contribution in [-0.4, -0.2) is 53.9 Å². The van der Waals surface area contributed by atoms with Crippen molar-refractivity contribution >= 4 is 30.2 Å². The van der Waals surface area contributed by atoms with E-state index in [1.54, 1.807) is 27.7 Å². The fraction of sp³-hybridized carbons (Fsp3) is 0.656. The first-order chi connectivity index (χ1) is 19.5. The second kappa shape index (κ2) is 17.5. The quantitative estimate of drug-likeness (QED) is 0.190. The third-order valence-electron chi connectivity index (χ3n) is 6.89. The van der Waals surface area contributed by atoms with Crippen molar-refractivity contribution in [2.45, 2.75) is 112 Å². The van der Waals surface area contributed by atoms with Gasteiger partial charge in [0.2, 0.25) is 11.8 Å². The first kappa shape index (κ1) is 36.6. The van der Waals surface area contributed by atoms with Gasteiger partial charge < -0.3 is 30.2 Å². The average molecular weight is 590 g/mol. The van der Waals surface area contributed by atoms with Crippen molar-refractivity contribution in [1.82, 2.24) is 16.0 Å². The molecule has 42 heavy (non-hydrogen) atoms. The van der Waals surface area contributed by atoms with Crippen molar-refractivity contribution in [3.8, 4) is 0 Å². The summed E-state index contributed by atoms with van der Waals surface area (Å²) in [7, 11) is 0. The van der Waals surface area contributed by atoms with E-state index in [4.69, 9.17) is 9.47 Å². The highest BCUT2D eigenvalue weighted by Gasteiger charge is 2.33. The van der Waals surface area contributed by atoms with Gasteiger partial charge in [0, 0.05) is 12.0 Å². The van der Waals surface area contributed by atoms with Crippen molar-refractivity contribution in [3.05, 3.63) is 35.9 Å². The van der Waals surface area contributed by atoms with Crippen LogP contribution in [0.1, 0.15) is 87.1 Å². The molecule has 10 nitrogen and oxygen atoms in total. The maximum atomic E-state index is 13.5. The number of carbonyl (C=O) groups is 5. The minimum Gasteiger partial charge on any atom is -0.460 e. The Morgan fingerprint density at radius 2 is 1.43 bits per heavy atom. The minimum absolute atomic E-state index is 0.0173.